The van der Waals surface area contributed by atoms with E-state index in [4.69, 9.17) is 4.74 Å². The minimum absolute atomic E-state index is 0.201. The van der Waals surface area contributed by atoms with Crippen LogP contribution in [0.3, 0.4) is 0 Å². The van der Waals surface area contributed by atoms with Crippen LogP contribution in [0.5, 0.6) is 0 Å². The zero-order chi connectivity index (χ0) is 19.8. The first-order valence-electron chi connectivity index (χ1n) is 9.89. The molecule has 2 aromatic heterocycles. The summed E-state index contributed by atoms with van der Waals surface area (Å²) in [6.07, 6.45) is 3.92. The minimum atomic E-state index is -3.57. The molecule has 3 aromatic rings. The van der Waals surface area contributed by atoms with E-state index < -0.39 is 16.1 Å². The smallest absolute Gasteiger partial charge is 0.243 e. The predicted octanol–water partition coefficient (Wildman–Crippen LogP) is 2.09. The van der Waals surface area contributed by atoms with E-state index in [1.165, 1.54) is 17.1 Å². The van der Waals surface area contributed by atoms with E-state index in [0.29, 0.717) is 23.9 Å². The molecule has 2 saturated heterocycles. The number of morpholine rings is 1. The molecule has 0 saturated carbocycles. The molecule has 0 amide bonds. The lowest BCUT2D eigenvalue weighted by molar-refractivity contribution is -0.00737. The Hall–Kier alpha value is -2.49. The normalized spacial score (nSPS) is 21.1. The molecule has 2 aliphatic heterocycles. The molecular weight excluding hydrogens is 390 g/mol. The molecule has 2 fully saturated rings. The van der Waals surface area contributed by atoms with Crippen molar-refractivity contribution in [3.8, 4) is 0 Å². The van der Waals surface area contributed by atoms with Crippen molar-refractivity contribution >= 4 is 21.4 Å². The third-order valence-electron chi connectivity index (χ3n) is 5.50. The number of pyridine rings is 1. The monoisotopic (exact) mass is 413 g/mol. The summed E-state index contributed by atoms with van der Waals surface area (Å²) in [5, 5.41) is 4.59. The van der Waals surface area contributed by atoms with Crippen LogP contribution in [0, 0.1) is 0 Å². The number of fused-ring (bicyclic) bond motifs is 1. The van der Waals surface area contributed by atoms with E-state index >= 15 is 0 Å². The van der Waals surface area contributed by atoms with Crippen molar-refractivity contribution in [2.45, 2.75) is 23.8 Å². The molecule has 29 heavy (non-hydrogen) atoms. The first kappa shape index (κ1) is 18.5. The fourth-order valence-corrected chi connectivity index (χ4v) is 5.38. The first-order valence-corrected chi connectivity index (χ1v) is 11.3. The summed E-state index contributed by atoms with van der Waals surface area (Å²) in [5.74, 6) is 0.511. The van der Waals surface area contributed by atoms with Crippen molar-refractivity contribution in [1.82, 2.24) is 18.9 Å². The summed E-state index contributed by atoms with van der Waals surface area (Å²) in [7, 11) is -3.57. The van der Waals surface area contributed by atoms with Crippen molar-refractivity contribution in [3.63, 3.8) is 0 Å². The largest absolute Gasteiger partial charge is 0.370 e. The second-order valence-electron chi connectivity index (χ2n) is 7.39. The van der Waals surface area contributed by atoms with Crippen LogP contribution in [-0.2, 0) is 14.8 Å². The third kappa shape index (κ3) is 3.50. The molecular formula is C20H23N5O3S. The van der Waals surface area contributed by atoms with Crippen molar-refractivity contribution in [2.24, 2.45) is 0 Å². The second-order valence-corrected chi connectivity index (χ2v) is 9.33. The highest BCUT2D eigenvalue weighted by Gasteiger charge is 2.33. The Labute approximate surface area is 169 Å². The molecule has 1 aromatic carbocycles. The van der Waals surface area contributed by atoms with Crippen LogP contribution < -0.4 is 4.90 Å². The highest BCUT2D eigenvalue weighted by molar-refractivity contribution is 7.89. The number of ether oxygens (including phenoxy) is 1. The number of hydrogen-bond acceptors (Lipinski definition) is 6. The van der Waals surface area contributed by atoms with Crippen molar-refractivity contribution < 1.29 is 13.2 Å². The highest BCUT2D eigenvalue weighted by atomic mass is 32.2. The Morgan fingerprint density at radius 2 is 1.79 bits per heavy atom. The van der Waals surface area contributed by atoms with Gasteiger partial charge < -0.3 is 9.64 Å². The van der Waals surface area contributed by atoms with Crippen LogP contribution in [0.4, 0.5) is 5.69 Å². The van der Waals surface area contributed by atoms with Crippen molar-refractivity contribution in [1.29, 1.82) is 0 Å². The van der Waals surface area contributed by atoms with Gasteiger partial charge in [0.2, 0.25) is 10.0 Å². The molecule has 2 aliphatic rings. The van der Waals surface area contributed by atoms with Crippen molar-refractivity contribution in [2.75, 3.05) is 37.7 Å². The molecule has 0 bridgehead atoms. The van der Waals surface area contributed by atoms with Gasteiger partial charge in [0.15, 0.2) is 11.5 Å². The van der Waals surface area contributed by atoms with Gasteiger partial charge in [-0.15, -0.1) is 5.10 Å². The predicted molar refractivity (Wildman–Crippen MR) is 108 cm³/mol. The molecule has 0 spiro atoms. The molecule has 9 heteroatoms. The van der Waals surface area contributed by atoms with Crippen LogP contribution >= 0.6 is 0 Å². The van der Waals surface area contributed by atoms with Gasteiger partial charge in [0.25, 0.3) is 0 Å². The van der Waals surface area contributed by atoms with E-state index in [1.54, 1.807) is 34.8 Å². The van der Waals surface area contributed by atoms with E-state index in [9.17, 15) is 8.42 Å². The molecule has 152 valence electrons. The zero-order valence-corrected chi connectivity index (χ0v) is 16.8. The zero-order valence-electron chi connectivity index (χ0n) is 16.0. The van der Waals surface area contributed by atoms with Gasteiger partial charge in [-0.3, -0.25) is 0 Å². The molecule has 4 heterocycles. The molecule has 1 unspecified atom stereocenters. The maximum atomic E-state index is 12.9. The summed E-state index contributed by atoms with van der Waals surface area (Å²) in [6.45, 7) is 2.95. The Bertz CT molecular complexity index is 1110. The maximum absolute atomic E-state index is 12.9. The van der Waals surface area contributed by atoms with Gasteiger partial charge in [0, 0.05) is 26.2 Å². The van der Waals surface area contributed by atoms with Crippen LogP contribution in [0.15, 0.2) is 53.6 Å². The quantitative estimate of drug-likeness (QED) is 0.652. The highest BCUT2D eigenvalue weighted by Crippen LogP contribution is 2.26. The van der Waals surface area contributed by atoms with Gasteiger partial charge in [0.05, 0.1) is 23.4 Å². The van der Waals surface area contributed by atoms with E-state index in [2.05, 4.69) is 21.0 Å². The lowest BCUT2D eigenvalue weighted by Gasteiger charge is -2.30. The minimum Gasteiger partial charge on any atom is -0.370 e. The molecule has 1 atom stereocenters. The number of hydrogen-bond donors (Lipinski definition) is 0. The van der Waals surface area contributed by atoms with Gasteiger partial charge in [0.1, 0.15) is 6.10 Å². The summed E-state index contributed by atoms with van der Waals surface area (Å²) < 4.78 is 34.9. The van der Waals surface area contributed by atoms with Gasteiger partial charge >= 0.3 is 0 Å². The van der Waals surface area contributed by atoms with Crippen molar-refractivity contribution in [3.05, 3.63) is 54.5 Å². The summed E-state index contributed by atoms with van der Waals surface area (Å²) in [4.78, 5) is 7.21. The average Bonchev–Trinajstić information content (AvgIpc) is 3.44. The van der Waals surface area contributed by atoms with E-state index in [0.717, 1.165) is 24.4 Å². The Kier molecular flexibility index (Phi) is 4.73. The van der Waals surface area contributed by atoms with E-state index in [1.807, 2.05) is 12.3 Å². The SMILES string of the molecule is O=S(=O)(c1ccccc1)N1CCOC(c2nc3ccc(N4CCCC4)cn3n2)C1. The average molecular weight is 414 g/mol. The number of rotatable bonds is 4. The van der Waals surface area contributed by atoms with Crippen LogP contribution in [-0.4, -0.2) is 60.1 Å². The molecule has 0 N–H and O–H groups in total. The summed E-state index contributed by atoms with van der Waals surface area (Å²) in [5.41, 5.74) is 1.86. The number of nitrogens with zero attached hydrogens (tertiary/aromatic N) is 5. The lowest BCUT2D eigenvalue weighted by atomic mass is 10.3. The third-order valence-corrected chi connectivity index (χ3v) is 7.38. The molecule has 0 aliphatic carbocycles. The Balaban J connectivity index is 1.39. The molecule has 8 nitrogen and oxygen atoms in total. The molecule has 0 radical (unpaired) electrons. The lowest BCUT2D eigenvalue weighted by Crippen LogP contribution is -2.42. The molecule has 5 rings (SSSR count). The Morgan fingerprint density at radius 1 is 1.00 bits per heavy atom. The Morgan fingerprint density at radius 3 is 2.59 bits per heavy atom. The fraction of sp³-hybridized carbons (Fsp3) is 0.400. The van der Waals surface area contributed by atoms with Crippen LogP contribution in [0.25, 0.3) is 5.65 Å². The second kappa shape index (κ2) is 7.40. The maximum Gasteiger partial charge on any atom is 0.243 e. The van der Waals surface area contributed by atoms with Gasteiger partial charge in [-0.05, 0) is 37.1 Å². The van der Waals surface area contributed by atoms with Crippen LogP contribution in [0.2, 0.25) is 0 Å². The summed E-state index contributed by atoms with van der Waals surface area (Å²) in [6, 6.07) is 12.5. The van der Waals surface area contributed by atoms with E-state index in [-0.39, 0.29) is 6.54 Å². The van der Waals surface area contributed by atoms with Gasteiger partial charge in [-0.2, -0.15) is 4.31 Å². The first-order chi connectivity index (χ1) is 14.1. The van der Waals surface area contributed by atoms with Gasteiger partial charge in [-0.25, -0.2) is 17.9 Å². The number of benzene rings is 1. The van der Waals surface area contributed by atoms with Crippen LogP contribution in [0.1, 0.15) is 24.8 Å². The number of anilines is 1. The number of sulfonamides is 1. The topological polar surface area (TPSA) is 80.0 Å². The fourth-order valence-electron chi connectivity index (χ4n) is 3.93. The standard InChI is InChI=1S/C20H23N5O3S/c26-29(27,17-6-2-1-3-7-17)24-12-13-28-18(15-24)20-21-19-9-8-16(14-25(19)22-20)23-10-4-5-11-23/h1-3,6-9,14,18H,4-5,10-13,15H2. The van der Waals surface area contributed by atoms with Gasteiger partial charge in [-0.1, -0.05) is 18.2 Å². The number of aromatic nitrogens is 3. The summed E-state index contributed by atoms with van der Waals surface area (Å²) >= 11 is 0.